The molecule has 0 aliphatic heterocycles. The summed E-state index contributed by atoms with van der Waals surface area (Å²) in [5.74, 6) is 4.91. The molecule has 0 atom stereocenters. The molecule has 8 aromatic rings. The van der Waals surface area contributed by atoms with Gasteiger partial charge in [0, 0.05) is 59.3 Å². The summed E-state index contributed by atoms with van der Waals surface area (Å²) in [5, 5.41) is 0. The van der Waals surface area contributed by atoms with Crippen LogP contribution in [0.4, 0.5) is 0 Å². The van der Waals surface area contributed by atoms with Crippen LogP contribution in [0.5, 0.6) is 0 Å². The Bertz CT molecular complexity index is 2760. The van der Waals surface area contributed by atoms with E-state index < -0.39 is 0 Å². The van der Waals surface area contributed by atoms with Crippen molar-refractivity contribution in [1.82, 2.24) is 29.9 Å². The molecule has 0 radical (unpaired) electrons. The Morgan fingerprint density at radius 2 is 0.828 bits per heavy atom. The van der Waals surface area contributed by atoms with Gasteiger partial charge < -0.3 is 0 Å². The predicted molar refractivity (Wildman–Crippen MR) is 229 cm³/mol. The standard InChI is InChI=1S/C52H40N6/c1-2-4-34(5-3-1)38-7-9-47-46(30-38)45-8-6-39(31-48(45)52(47)43-23-32-22-33(25-43)26-44(52)24-32)41-27-40(35-10-16-53-17-11-35)28-42(29-41)51-57-49(36-12-18-54-19-13-36)56-50(58-51)37-14-20-55-21-15-37/h1-21,27-33,43-44H,22-26H2. The molecule has 5 aliphatic rings. The van der Waals surface area contributed by atoms with Gasteiger partial charge in [-0.1, -0.05) is 54.6 Å². The highest BCUT2D eigenvalue weighted by atomic mass is 15.0. The Labute approximate surface area is 338 Å². The third kappa shape index (κ3) is 5.31. The van der Waals surface area contributed by atoms with E-state index in [1.165, 1.54) is 65.5 Å². The molecule has 5 aliphatic carbocycles. The molecule has 278 valence electrons. The van der Waals surface area contributed by atoms with Gasteiger partial charge in [0.05, 0.1) is 0 Å². The first-order valence-electron chi connectivity index (χ1n) is 20.7. The zero-order chi connectivity index (χ0) is 38.2. The molecule has 6 heteroatoms. The zero-order valence-corrected chi connectivity index (χ0v) is 32.0. The number of aromatic nitrogens is 6. The second kappa shape index (κ2) is 13.2. The lowest BCUT2D eigenvalue weighted by Gasteiger charge is -2.61. The Balaban J connectivity index is 1.06. The summed E-state index contributed by atoms with van der Waals surface area (Å²) in [6.45, 7) is 0. The van der Waals surface area contributed by atoms with Gasteiger partial charge in [0.2, 0.25) is 0 Å². The van der Waals surface area contributed by atoms with Crippen LogP contribution in [-0.2, 0) is 5.41 Å². The summed E-state index contributed by atoms with van der Waals surface area (Å²) in [6.07, 6.45) is 17.6. The quantitative estimate of drug-likeness (QED) is 0.168. The van der Waals surface area contributed by atoms with Gasteiger partial charge in [0.1, 0.15) is 0 Å². The van der Waals surface area contributed by atoms with Crippen LogP contribution in [0.25, 0.3) is 78.7 Å². The SMILES string of the molecule is c1ccc(-c2ccc3c(c2)-c2ccc(-c4cc(-c5ccncc5)cc(-c5nc(-c6ccncc6)nc(-c6ccncc6)n5)c4)cc2C32C3CC4CC(C3)CC2C4)cc1. The maximum Gasteiger partial charge on any atom is 0.164 e. The molecule has 58 heavy (non-hydrogen) atoms. The van der Waals surface area contributed by atoms with Crippen LogP contribution >= 0.6 is 0 Å². The fourth-order valence-electron chi connectivity index (χ4n) is 11.6. The van der Waals surface area contributed by atoms with Crippen molar-refractivity contribution in [2.45, 2.75) is 37.5 Å². The number of nitrogens with zero attached hydrogens (tertiary/aromatic N) is 6. The summed E-state index contributed by atoms with van der Waals surface area (Å²) in [7, 11) is 0. The first kappa shape index (κ1) is 33.5. The van der Waals surface area contributed by atoms with Crippen molar-refractivity contribution < 1.29 is 0 Å². The highest BCUT2D eigenvalue weighted by Crippen LogP contribution is 2.69. The van der Waals surface area contributed by atoms with Crippen molar-refractivity contribution in [3.05, 3.63) is 170 Å². The third-order valence-corrected chi connectivity index (χ3v) is 13.8. The van der Waals surface area contributed by atoms with Gasteiger partial charge in [-0.25, -0.2) is 15.0 Å². The van der Waals surface area contributed by atoms with E-state index in [0.29, 0.717) is 29.3 Å². The lowest BCUT2D eigenvalue weighted by Crippen LogP contribution is -2.55. The van der Waals surface area contributed by atoms with Gasteiger partial charge >= 0.3 is 0 Å². The molecular formula is C52H40N6. The molecule has 4 aromatic carbocycles. The number of hydrogen-bond acceptors (Lipinski definition) is 6. The molecular weight excluding hydrogens is 709 g/mol. The molecule has 0 amide bonds. The molecule has 1 spiro atoms. The van der Waals surface area contributed by atoms with Gasteiger partial charge in [-0.05, 0) is 178 Å². The van der Waals surface area contributed by atoms with Crippen molar-refractivity contribution in [3.63, 3.8) is 0 Å². The minimum Gasteiger partial charge on any atom is -0.265 e. The van der Waals surface area contributed by atoms with Gasteiger partial charge in [-0.2, -0.15) is 0 Å². The lowest BCUT2D eigenvalue weighted by molar-refractivity contribution is -0.0399. The van der Waals surface area contributed by atoms with E-state index in [1.807, 2.05) is 36.7 Å². The number of fused-ring (bicyclic) bond motifs is 3. The largest absolute Gasteiger partial charge is 0.265 e. The Morgan fingerprint density at radius 1 is 0.345 bits per heavy atom. The van der Waals surface area contributed by atoms with E-state index in [0.717, 1.165) is 45.2 Å². The van der Waals surface area contributed by atoms with Crippen molar-refractivity contribution in [3.8, 4) is 78.7 Å². The third-order valence-electron chi connectivity index (χ3n) is 13.8. The monoisotopic (exact) mass is 748 g/mol. The summed E-state index contributed by atoms with van der Waals surface area (Å²) >= 11 is 0. The smallest absolute Gasteiger partial charge is 0.164 e. The Kier molecular flexibility index (Phi) is 7.62. The average Bonchev–Trinajstić information content (AvgIpc) is 3.58. The van der Waals surface area contributed by atoms with E-state index in [1.54, 1.807) is 30.4 Å². The molecule has 4 aromatic heterocycles. The minimum absolute atomic E-state index is 0.0436. The molecule has 4 saturated carbocycles. The number of hydrogen-bond donors (Lipinski definition) is 0. The summed E-state index contributed by atoms with van der Waals surface area (Å²) in [6, 6.07) is 44.4. The van der Waals surface area contributed by atoms with Gasteiger partial charge in [0.25, 0.3) is 0 Å². The first-order valence-corrected chi connectivity index (χ1v) is 20.7. The maximum atomic E-state index is 5.13. The predicted octanol–water partition coefficient (Wildman–Crippen LogP) is 11.8. The van der Waals surface area contributed by atoms with Crippen molar-refractivity contribution in [2.75, 3.05) is 0 Å². The van der Waals surface area contributed by atoms with Crippen molar-refractivity contribution >= 4 is 0 Å². The van der Waals surface area contributed by atoms with Crippen LogP contribution in [0.3, 0.4) is 0 Å². The summed E-state index contributed by atoms with van der Waals surface area (Å²) in [5.41, 5.74) is 15.8. The normalized spacial score (nSPS) is 22.2. The fraction of sp³-hybridized carbons (Fsp3) is 0.192. The van der Waals surface area contributed by atoms with Crippen LogP contribution in [0.1, 0.15) is 43.2 Å². The summed E-state index contributed by atoms with van der Waals surface area (Å²) < 4.78 is 0. The van der Waals surface area contributed by atoms with E-state index in [4.69, 9.17) is 15.0 Å². The molecule has 6 nitrogen and oxygen atoms in total. The van der Waals surface area contributed by atoms with Gasteiger partial charge in [-0.3, -0.25) is 15.0 Å². The lowest BCUT2D eigenvalue weighted by atomic mass is 9.43. The first-order chi connectivity index (χ1) is 28.7. The fourth-order valence-corrected chi connectivity index (χ4v) is 11.6. The van der Waals surface area contributed by atoms with E-state index in [9.17, 15) is 0 Å². The van der Waals surface area contributed by atoms with Gasteiger partial charge in [-0.15, -0.1) is 0 Å². The molecule has 0 unspecified atom stereocenters. The minimum atomic E-state index is 0.0436. The van der Waals surface area contributed by atoms with Crippen molar-refractivity contribution in [1.29, 1.82) is 0 Å². The number of pyridine rings is 3. The zero-order valence-electron chi connectivity index (χ0n) is 32.0. The molecule has 0 saturated heterocycles. The molecule has 4 bridgehead atoms. The Morgan fingerprint density at radius 3 is 1.43 bits per heavy atom. The molecule has 4 heterocycles. The average molecular weight is 749 g/mol. The second-order valence-corrected chi connectivity index (χ2v) is 16.9. The van der Waals surface area contributed by atoms with Crippen LogP contribution in [0, 0.1) is 23.7 Å². The van der Waals surface area contributed by atoms with Crippen LogP contribution in [-0.4, -0.2) is 29.9 Å². The maximum absolute atomic E-state index is 5.13. The molecule has 0 N–H and O–H groups in total. The van der Waals surface area contributed by atoms with Crippen LogP contribution in [0.15, 0.2) is 159 Å². The van der Waals surface area contributed by atoms with E-state index in [-0.39, 0.29) is 5.41 Å². The van der Waals surface area contributed by atoms with E-state index >= 15 is 0 Å². The number of rotatable bonds is 6. The van der Waals surface area contributed by atoms with Crippen LogP contribution < -0.4 is 0 Å². The van der Waals surface area contributed by atoms with E-state index in [2.05, 4.69) is 112 Å². The number of benzene rings is 4. The second-order valence-electron chi connectivity index (χ2n) is 16.9. The highest BCUT2D eigenvalue weighted by Gasteiger charge is 2.61. The molecule has 4 fully saturated rings. The highest BCUT2D eigenvalue weighted by molar-refractivity contribution is 5.89. The van der Waals surface area contributed by atoms with Crippen molar-refractivity contribution in [2.24, 2.45) is 23.7 Å². The topological polar surface area (TPSA) is 77.3 Å². The molecule has 13 rings (SSSR count). The Hall–Kier alpha value is -6.66. The summed E-state index contributed by atoms with van der Waals surface area (Å²) in [4.78, 5) is 28.0. The van der Waals surface area contributed by atoms with Crippen LogP contribution in [0.2, 0.25) is 0 Å². The van der Waals surface area contributed by atoms with Gasteiger partial charge in [0.15, 0.2) is 17.5 Å².